The van der Waals surface area contributed by atoms with E-state index in [4.69, 9.17) is 4.74 Å². The van der Waals surface area contributed by atoms with Gasteiger partial charge in [-0.2, -0.15) is 0 Å². The second-order valence-corrected chi connectivity index (χ2v) is 41.7. The molecule has 8 rings (SSSR count). The first-order chi connectivity index (χ1) is 44.9. The van der Waals surface area contributed by atoms with Crippen LogP contribution in [0.2, 0.25) is 0 Å². The quantitative estimate of drug-likeness (QED) is 0.139. The van der Waals surface area contributed by atoms with Gasteiger partial charge in [-0.25, -0.2) is 0 Å². The van der Waals surface area contributed by atoms with E-state index in [1.165, 1.54) is 221 Å². The van der Waals surface area contributed by atoms with Crippen molar-refractivity contribution < 1.29 is 4.74 Å². The monoisotopic (exact) mass is 1380 g/mol. The third-order valence-electron chi connectivity index (χ3n) is 24.1. The van der Waals surface area contributed by atoms with Crippen LogP contribution in [0.15, 0.2) is 0 Å². The molecule has 580 valence electrons. The smallest absolute Gasteiger partial charge is 0.0612 e. The zero-order valence-corrected chi connectivity index (χ0v) is 71.6. The van der Waals surface area contributed by atoms with E-state index in [-0.39, 0.29) is 16.7 Å². The van der Waals surface area contributed by atoms with Crippen LogP contribution in [-0.4, -0.2) is 349 Å². The zero-order valence-electron chi connectivity index (χ0n) is 71.6. The number of hydrogen-bond donors (Lipinski definition) is 0. The number of ether oxygens (including phenoxy) is 1. The van der Waals surface area contributed by atoms with E-state index in [2.05, 4.69) is 284 Å². The summed E-state index contributed by atoms with van der Waals surface area (Å²) in [7, 11) is 13.2. The van der Waals surface area contributed by atoms with Gasteiger partial charge in [0.2, 0.25) is 0 Å². The zero-order chi connectivity index (χ0) is 73.7. The molecule has 1 aliphatic carbocycles. The summed E-state index contributed by atoms with van der Waals surface area (Å²) in [4.78, 5) is 36.8. The van der Waals surface area contributed by atoms with Gasteiger partial charge in [-0.1, -0.05) is 0 Å². The second-order valence-electron chi connectivity index (χ2n) is 41.7. The fraction of sp³-hybridized carbons (Fsp3) is 1.00. The Hall–Kier alpha value is -0.600. The molecule has 1 saturated carbocycles. The maximum absolute atomic E-state index is 6.18. The van der Waals surface area contributed by atoms with Gasteiger partial charge in [0.25, 0.3) is 0 Å². The fourth-order valence-corrected chi connectivity index (χ4v) is 17.2. The topological polar surface area (TPSA) is 54.6 Å². The van der Waals surface area contributed by atoms with E-state index in [1.54, 1.807) is 0 Å². The second kappa shape index (κ2) is 37.8. The van der Waals surface area contributed by atoms with E-state index in [0.29, 0.717) is 51.9 Å². The van der Waals surface area contributed by atoms with Gasteiger partial charge in [0.1, 0.15) is 0 Å². The molecular formula is C83H172N14O. The molecular weight excluding hydrogens is 1210 g/mol. The van der Waals surface area contributed by atoms with Crippen LogP contribution in [-0.2, 0) is 4.74 Å². The minimum absolute atomic E-state index is 0.0100. The van der Waals surface area contributed by atoms with Crippen molar-refractivity contribution >= 4 is 0 Å². The Morgan fingerprint density at radius 2 is 0.592 bits per heavy atom. The molecule has 0 spiro atoms. The van der Waals surface area contributed by atoms with Gasteiger partial charge in [0.05, 0.1) is 11.7 Å². The van der Waals surface area contributed by atoms with Crippen LogP contribution in [0.3, 0.4) is 0 Å². The number of nitrogens with zero attached hydrogens (tertiary/aromatic N) is 14. The van der Waals surface area contributed by atoms with Gasteiger partial charge in [0.15, 0.2) is 0 Å². The molecule has 7 saturated heterocycles. The maximum Gasteiger partial charge on any atom is 0.0612 e. The van der Waals surface area contributed by atoms with Crippen LogP contribution < -0.4 is 0 Å². The van der Waals surface area contributed by atoms with Gasteiger partial charge >= 0.3 is 0 Å². The molecule has 15 nitrogen and oxygen atoms in total. The van der Waals surface area contributed by atoms with Gasteiger partial charge in [-0.15, -0.1) is 0 Å². The summed E-state index contributed by atoms with van der Waals surface area (Å²) in [6.45, 7) is 89.4. The first kappa shape index (κ1) is 88.0. The summed E-state index contributed by atoms with van der Waals surface area (Å²) >= 11 is 0. The Morgan fingerprint density at radius 3 is 0.867 bits per heavy atom. The lowest BCUT2D eigenvalue weighted by molar-refractivity contribution is -0.122. The first-order valence-corrected chi connectivity index (χ1v) is 40.8. The third kappa shape index (κ3) is 30.7. The van der Waals surface area contributed by atoms with Crippen LogP contribution >= 0.6 is 0 Å². The molecule has 0 N–H and O–H groups in total. The minimum Gasteiger partial charge on any atom is -0.373 e. The van der Waals surface area contributed by atoms with Crippen molar-refractivity contribution in [1.29, 1.82) is 0 Å². The predicted octanol–water partition coefficient (Wildman–Crippen LogP) is 12.7. The van der Waals surface area contributed by atoms with Crippen LogP contribution in [0.25, 0.3) is 0 Å². The fourth-order valence-electron chi connectivity index (χ4n) is 17.2. The Bertz CT molecular complexity index is 2090. The van der Waals surface area contributed by atoms with E-state index in [0.717, 1.165) is 36.3 Å². The predicted molar refractivity (Wildman–Crippen MR) is 427 cm³/mol. The summed E-state index contributed by atoms with van der Waals surface area (Å²) in [5.41, 5.74) is 2.21. The van der Waals surface area contributed by atoms with Crippen molar-refractivity contribution in [2.75, 3.05) is 206 Å². The van der Waals surface area contributed by atoms with Crippen LogP contribution in [0.5, 0.6) is 0 Å². The highest BCUT2D eigenvalue weighted by molar-refractivity contribution is 4.96. The molecule has 0 aromatic heterocycles. The number of piperidine rings is 4. The summed E-state index contributed by atoms with van der Waals surface area (Å²) in [5.74, 6) is 3.52. The number of hydrogen-bond acceptors (Lipinski definition) is 15. The highest BCUT2D eigenvalue weighted by Gasteiger charge is 2.41. The Labute approximate surface area is 611 Å². The van der Waals surface area contributed by atoms with Crippen molar-refractivity contribution in [3.8, 4) is 0 Å². The SMILES string of the molecule is CN(C)CCN(CC1CCN(C(C)(C)C)CC1)C1CC(OC(C)(C)C)C1.CN(C)C[C@@H]1CN(C(C)(C)C)CCN1CC1CCN(C(C)(C)C)CC1.CN(C)C[C@H]1CN(C(C)(C)C)CCN1CC1CCN(C(C)(C)C)CC1.C[C@@H]1CN(C(C)(C)C)CCN1CC1CCN(C(C)(C)C)CC1. The molecule has 98 heavy (non-hydrogen) atoms. The Morgan fingerprint density at radius 1 is 0.306 bits per heavy atom. The molecule has 0 aromatic rings. The average Bonchev–Trinajstić information content (AvgIpc) is 0.828. The average molecular weight is 1380 g/mol. The maximum atomic E-state index is 6.18. The highest BCUT2D eigenvalue weighted by atomic mass is 16.5. The summed E-state index contributed by atoms with van der Waals surface area (Å²) in [6, 6.07) is 2.77. The van der Waals surface area contributed by atoms with Crippen LogP contribution in [0, 0.1) is 23.7 Å². The van der Waals surface area contributed by atoms with Gasteiger partial charge in [-0.3, -0.25) is 53.9 Å². The van der Waals surface area contributed by atoms with E-state index in [1.807, 2.05) is 0 Å². The van der Waals surface area contributed by atoms with Crippen LogP contribution in [0.1, 0.15) is 237 Å². The number of rotatable bonds is 17. The number of piperazine rings is 3. The first-order valence-electron chi connectivity index (χ1n) is 40.8. The van der Waals surface area contributed by atoms with Crippen molar-refractivity contribution in [3.05, 3.63) is 0 Å². The summed E-state index contributed by atoms with van der Waals surface area (Å²) in [5, 5.41) is 0. The van der Waals surface area contributed by atoms with Gasteiger partial charge in [0, 0.05) is 174 Å². The normalized spacial score (nSPS) is 26.9. The van der Waals surface area contributed by atoms with E-state index >= 15 is 0 Å². The molecule has 0 amide bonds. The standard InChI is InChI=1S/C22H45N3O.2C21H44N4.C19H39N3/c1-21(2,3)25-11-9-18(10-12-25)17-24(14-13-23(7)8)19-15-20(16-19)26-22(4,5)6;2*1-20(2,3)24-11-9-18(10-12-24)15-23-13-14-25(21(4,5)6)17-19(23)16-22(7)8;1-16-14-22(19(5,6)7)13-12-20(16)15-17-8-10-21(11-9-17)18(2,3)4/h18-20H,9-17H2,1-8H3;2*18-19H,9-17H2,1-8H3;16-17H,8-15H2,1-7H3/t;2*19-;16-/m.101/s1. The highest BCUT2D eigenvalue weighted by Crippen LogP contribution is 2.35. The van der Waals surface area contributed by atoms with Crippen molar-refractivity contribution in [3.63, 3.8) is 0 Å². The molecule has 0 radical (unpaired) electrons. The van der Waals surface area contributed by atoms with E-state index < -0.39 is 0 Å². The van der Waals surface area contributed by atoms with Gasteiger partial charge < -0.3 is 19.4 Å². The molecule has 0 unspecified atom stereocenters. The molecule has 0 aromatic carbocycles. The van der Waals surface area contributed by atoms with Crippen molar-refractivity contribution in [2.45, 2.75) is 312 Å². The molecule has 8 aliphatic rings. The molecule has 7 aliphatic heterocycles. The van der Waals surface area contributed by atoms with Crippen molar-refractivity contribution in [1.82, 2.24) is 68.6 Å². The molecule has 15 heteroatoms. The van der Waals surface area contributed by atoms with Gasteiger partial charge in [-0.05, 0) is 356 Å². The lowest BCUT2D eigenvalue weighted by Crippen LogP contribution is -2.61. The van der Waals surface area contributed by atoms with Crippen molar-refractivity contribution in [2.24, 2.45) is 23.7 Å². The minimum atomic E-state index is -0.0100. The number of likely N-dealkylation sites (tertiary alicyclic amines) is 4. The largest absolute Gasteiger partial charge is 0.373 e. The Kier molecular flexibility index (Phi) is 33.9. The third-order valence-corrected chi connectivity index (χ3v) is 24.1. The molecule has 7 heterocycles. The summed E-state index contributed by atoms with van der Waals surface area (Å²) in [6.07, 6.45) is 13.8. The lowest BCUT2D eigenvalue weighted by Gasteiger charge is -2.49. The molecule has 0 bridgehead atoms. The van der Waals surface area contributed by atoms with Crippen LogP contribution in [0.4, 0.5) is 0 Å². The molecule has 8 fully saturated rings. The lowest BCUT2D eigenvalue weighted by atomic mass is 9.85. The summed E-state index contributed by atoms with van der Waals surface area (Å²) < 4.78 is 6.18. The molecule has 3 atom stereocenters. The Balaban J connectivity index is 0.000000236. The number of likely N-dealkylation sites (N-methyl/N-ethyl adjacent to an activating group) is 3. The van der Waals surface area contributed by atoms with E-state index in [9.17, 15) is 0 Å².